The zero-order chi connectivity index (χ0) is 21.7. The molecule has 1 atom stereocenters. The number of nitrogens with one attached hydrogen (secondary N) is 2. The van der Waals surface area contributed by atoms with E-state index in [1.165, 1.54) is 11.3 Å². The van der Waals surface area contributed by atoms with Crippen molar-refractivity contribution in [2.24, 2.45) is 11.1 Å². The van der Waals surface area contributed by atoms with Gasteiger partial charge in [-0.2, -0.15) is 0 Å². The van der Waals surface area contributed by atoms with E-state index in [0.29, 0.717) is 11.7 Å². The monoisotopic (exact) mass is 432 g/mol. The number of aromatic nitrogens is 1. The number of carboxylic acids is 1. The largest absolute Gasteiger partial charge is 0.481 e. The van der Waals surface area contributed by atoms with Gasteiger partial charge in [-0.1, -0.05) is 36.7 Å². The van der Waals surface area contributed by atoms with E-state index in [2.05, 4.69) is 15.6 Å². The molecular formula is C21H28N4O4S. The molecule has 9 heteroatoms. The Kier molecular flexibility index (Phi) is 7.04. The van der Waals surface area contributed by atoms with Crippen molar-refractivity contribution in [2.45, 2.75) is 57.9 Å². The lowest BCUT2D eigenvalue weighted by atomic mass is 9.71. The lowest BCUT2D eigenvalue weighted by molar-refractivity contribution is -0.139. The number of rotatable bonds is 8. The van der Waals surface area contributed by atoms with Gasteiger partial charge in [-0.3, -0.25) is 14.4 Å². The van der Waals surface area contributed by atoms with E-state index in [9.17, 15) is 14.4 Å². The van der Waals surface area contributed by atoms with Crippen molar-refractivity contribution in [3.05, 3.63) is 23.8 Å². The lowest BCUT2D eigenvalue weighted by Crippen LogP contribution is -2.47. The maximum Gasteiger partial charge on any atom is 0.305 e. The molecule has 3 rings (SSSR count). The predicted molar refractivity (Wildman–Crippen MR) is 116 cm³/mol. The topological polar surface area (TPSA) is 134 Å². The smallest absolute Gasteiger partial charge is 0.305 e. The molecule has 1 saturated carbocycles. The first-order chi connectivity index (χ1) is 14.3. The van der Waals surface area contributed by atoms with Gasteiger partial charge in [-0.05, 0) is 42.9 Å². The molecule has 1 heterocycles. The number of carbonyl (C=O) groups excluding carboxylic acids is 2. The molecule has 0 spiro atoms. The summed E-state index contributed by atoms with van der Waals surface area (Å²) in [6, 6.07) is 4.88. The van der Waals surface area contributed by atoms with Gasteiger partial charge in [0.15, 0.2) is 5.13 Å². The molecule has 0 saturated heterocycles. The van der Waals surface area contributed by atoms with E-state index in [-0.39, 0.29) is 17.7 Å². The molecule has 0 radical (unpaired) electrons. The van der Waals surface area contributed by atoms with Crippen molar-refractivity contribution in [1.29, 1.82) is 0 Å². The van der Waals surface area contributed by atoms with Crippen molar-refractivity contribution in [1.82, 2.24) is 10.3 Å². The highest BCUT2D eigenvalue weighted by Crippen LogP contribution is 2.39. The van der Waals surface area contributed by atoms with E-state index in [1.54, 1.807) is 0 Å². The third-order valence-electron chi connectivity index (χ3n) is 5.61. The molecule has 2 aromatic rings. The molecule has 0 unspecified atom stereocenters. The van der Waals surface area contributed by atoms with Crippen LogP contribution in [0.2, 0.25) is 0 Å². The van der Waals surface area contributed by atoms with Gasteiger partial charge in [-0.15, -0.1) is 0 Å². The summed E-state index contributed by atoms with van der Waals surface area (Å²) in [5.74, 6) is -1.74. The predicted octanol–water partition coefficient (Wildman–Crippen LogP) is 2.80. The molecule has 8 nitrogen and oxygen atoms in total. The molecule has 1 fully saturated rings. The van der Waals surface area contributed by atoms with Crippen molar-refractivity contribution in [2.75, 3.05) is 11.9 Å². The van der Waals surface area contributed by atoms with E-state index in [0.717, 1.165) is 47.9 Å². The summed E-state index contributed by atoms with van der Waals surface area (Å²) in [6.45, 7) is 2.33. The molecule has 0 bridgehead atoms. The number of fused-ring (bicyclic) bond motifs is 1. The van der Waals surface area contributed by atoms with Crippen LogP contribution in [0.3, 0.4) is 0 Å². The number of amides is 2. The SMILES string of the molecule is Cc1ccc2nc(NC(=O)CC3(CNC(=O)[C@@H](N)CC(=O)O)CCCCC3)sc2c1. The second-order valence-electron chi connectivity index (χ2n) is 8.20. The van der Waals surface area contributed by atoms with Gasteiger partial charge in [0.25, 0.3) is 0 Å². The van der Waals surface area contributed by atoms with E-state index >= 15 is 0 Å². The number of aryl methyl sites for hydroxylation is 1. The standard InChI is InChI=1S/C21H28N4O4S/c1-13-5-6-15-16(9-13)30-20(24-15)25-17(26)11-21(7-3-2-4-8-21)12-23-19(29)14(22)10-18(27)28/h5-6,9,14H,2-4,7-8,10-12,22H2,1H3,(H,23,29)(H,27,28)(H,24,25,26)/t14-/m0/s1. The van der Waals surface area contributed by atoms with Gasteiger partial charge in [0.2, 0.25) is 11.8 Å². The summed E-state index contributed by atoms with van der Waals surface area (Å²) in [5, 5.41) is 15.1. The van der Waals surface area contributed by atoms with Crippen LogP contribution >= 0.6 is 11.3 Å². The molecular weight excluding hydrogens is 404 g/mol. The van der Waals surface area contributed by atoms with E-state index in [1.807, 2.05) is 25.1 Å². The molecule has 0 aliphatic heterocycles. The minimum Gasteiger partial charge on any atom is -0.481 e. The Labute approximate surface area is 179 Å². The van der Waals surface area contributed by atoms with Crippen molar-refractivity contribution in [3.63, 3.8) is 0 Å². The van der Waals surface area contributed by atoms with Crippen LogP contribution in [0, 0.1) is 12.3 Å². The van der Waals surface area contributed by atoms with Gasteiger partial charge >= 0.3 is 5.97 Å². The number of aliphatic carboxylic acids is 1. The van der Waals surface area contributed by atoms with Gasteiger partial charge in [-0.25, -0.2) is 4.98 Å². The highest BCUT2D eigenvalue weighted by Gasteiger charge is 2.35. The van der Waals surface area contributed by atoms with Crippen LogP contribution in [0.15, 0.2) is 18.2 Å². The Balaban J connectivity index is 1.63. The number of hydrogen-bond donors (Lipinski definition) is 4. The number of carbonyl (C=O) groups is 3. The summed E-state index contributed by atoms with van der Waals surface area (Å²) in [6.07, 6.45) is 4.59. The Bertz CT molecular complexity index is 936. The van der Waals surface area contributed by atoms with Gasteiger partial charge < -0.3 is 21.5 Å². The number of nitrogens with two attached hydrogens (primary N) is 1. The summed E-state index contributed by atoms with van der Waals surface area (Å²) < 4.78 is 1.03. The fraction of sp³-hybridized carbons (Fsp3) is 0.524. The molecule has 1 aliphatic carbocycles. The van der Waals surface area contributed by atoms with Crippen LogP contribution in [-0.2, 0) is 14.4 Å². The number of anilines is 1. The Morgan fingerprint density at radius 2 is 2.00 bits per heavy atom. The second kappa shape index (κ2) is 9.53. The summed E-state index contributed by atoms with van der Waals surface area (Å²) in [5.41, 5.74) is 7.29. The molecule has 162 valence electrons. The third kappa shape index (κ3) is 5.76. The van der Waals surface area contributed by atoms with E-state index < -0.39 is 24.3 Å². The van der Waals surface area contributed by atoms with Crippen LogP contribution in [0.25, 0.3) is 10.2 Å². The molecule has 30 heavy (non-hydrogen) atoms. The average molecular weight is 433 g/mol. The van der Waals surface area contributed by atoms with Gasteiger partial charge in [0, 0.05) is 13.0 Å². The molecule has 1 aromatic carbocycles. The van der Waals surface area contributed by atoms with Crippen molar-refractivity contribution < 1.29 is 19.5 Å². The zero-order valence-electron chi connectivity index (χ0n) is 17.1. The number of carboxylic acid groups (broad SMARTS) is 1. The highest BCUT2D eigenvalue weighted by atomic mass is 32.1. The molecule has 5 N–H and O–H groups in total. The Morgan fingerprint density at radius 3 is 2.70 bits per heavy atom. The minimum absolute atomic E-state index is 0.128. The van der Waals surface area contributed by atoms with Crippen LogP contribution in [0.1, 0.15) is 50.5 Å². The first kappa shape index (κ1) is 22.2. The maximum absolute atomic E-state index is 12.8. The Morgan fingerprint density at radius 1 is 1.27 bits per heavy atom. The Hall–Kier alpha value is -2.52. The maximum atomic E-state index is 12.8. The normalized spacial score (nSPS) is 16.7. The van der Waals surface area contributed by atoms with Crippen molar-refractivity contribution in [3.8, 4) is 0 Å². The average Bonchev–Trinajstić information content (AvgIpc) is 3.07. The first-order valence-electron chi connectivity index (χ1n) is 10.2. The summed E-state index contributed by atoms with van der Waals surface area (Å²) in [7, 11) is 0. The van der Waals surface area contributed by atoms with Crippen molar-refractivity contribution >= 4 is 44.5 Å². The van der Waals surface area contributed by atoms with Crippen LogP contribution in [-0.4, -0.2) is 40.5 Å². The number of nitrogens with zero attached hydrogens (tertiary/aromatic N) is 1. The molecule has 2 amide bonds. The molecule has 1 aromatic heterocycles. The number of thiazole rings is 1. The fourth-order valence-electron chi connectivity index (χ4n) is 3.99. The summed E-state index contributed by atoms with van der Waals surface area (Å²) >= 11 is 1.44. The highest BCUT2D eigenvalue weighted by molar-refractivity contribution is 7.22. The number of benzene rings is 1. The first-order valence-corrected chi connectivity index (χ1v) is 11.0. The third-order valence-corrected chi connectivity index (χ3v) is 6.54. The summed E-state index contributed by atoms with van der Waals surface area (Å²) in [4.78, 5) is 40.2. The zero-order valence-corrected chi connectivity index (χ0v) is 17.9. The van der Waals surface area contributed by atoms with E-state index in [4.69, 9.17) is 10.8 Å². The lowest BCUT2D eigenvalue weighted by Gasteiger charge is -2.37. The van der Waals surface area contributed by atoms with Crippen LogP contribution in [0.4, 0.5) is 5.13 Å². The van der Waals surface area contributed by atoms with Crippen LogP contribution in [0.5, 0.6) is 0 Å². The van der Waals surface area contributed by atoms with Gasteiger partial charge in [0.05, 0.1) is 22.7 Å². The quantitative estimate of drug-likeness (QED) is 0.507. The molecule has 1 aliphatic rings. The minimum atomic E-state index is -1.12. The van der Waals surface area contributed by atoms with Gasteiger partial charge in [0.1, 0.15) is 0 Å². The number of hydrogen-bond acceptors (Lipinski definition) is 6. The fourth-order valence-corrected chi connectivity index (χ4v) is 4.97. The second-order valence-corrected chi connectivity index (χ2v) is 9.23. The van der Waals surface area contributed by atoms with Crippen LogP contribution < -0.4 is 16.4 Å².